The minimum Gasteiger partial charge on any atom is -0.426 e. The number of ether oxygens (including phenoxy) is 3. The summed E-state index contributed by atoms with van der Waals surface area (Å²) in [6, 6.07) is 26.3. The summed E-state index contributed by atoms with van der Waals surface area (Å²) in [4.78, 5) is 38.5. The smallest absolute Gasteiger partial charge is 0.312 e. The molecule has 3 aromatic carbocycles. The van der Waals surface area contributed by atoms with Crippen molar-refractivity contribution < 1.29 is 28.6 Å². The van der Waals surface area contributed by atoms with E-state index in [-0.39, 0.29) is 31.4 Å². The number of unbranched alkanes of at least 4 members (excludes halogenated alkanes) is 11. The highest BCUT2D eigenvalue weighted by atomic mass is 16.5. The highest BCUT2D eigenvalue weighted by molar-refractivity contribution is 5.90. The number of esters is 1. The summed E-state index contributed by atoms with van der Waals surface area (Å²) in [6.07, 6.45) is 20.2. The quantitative estimate of drug-likeness (QED) is 0.0317. The maximum atomic E-state index is 13.4. The van der Waals surface area contributed by atoms with Crippen LogP contribution in [-0.2, 0) is 37.1 Å². The van der Waals surface area contributed by atoms with Crippen LogP contribution in [0.2, 0.25) is 0 Å². The van der Waals surface area contributed by atoms with Gasteiger partial charge in [0.25, 0.3) is 0 Å². The Hall–Kier alpha value is -4.27. The first-order valence-corrected chi connectivity index (χ1v) is 20.6. The van der Waals surface area contributed by atoms with Gasteiger partial charge in [-0.25, -0.2) is 0 Å². The Morgan fingerprint density at radius 1 is 0.673 bits per heavy atom. The van der Waals surface area contributed by atoms with Crippen LogP contribution < -0.4 is 15.4 Å². The molecule has 0 bridgehead atoms. The predicted molar refractivity (Wildman–Crippen MR) is 223 cm³/mol. The predicted octanol–water partition coefficient (Wildman–Crippen LogP) is 10.9. The molecule has 0 aliphatic rings. The average molecular weight is 755 g/mol. The van der Waals surface area contributed by atoms with Crippen LogP contribution in [0.25, 0.3) is 0 Å². The molecule has 8 nitrogen and oxygen atoms in total. The number of amides is 2. The number of allylic oxidation sites excluding steroid dienone is 2. The van der Waals surface area contributed by atoms with E-state index in [0.29, 0.717) is 31.1 Å². The maximum Gasteiger partial charge on any atom is 0.312 e. The zero-order valence-electron chi connectivity index (χ0n) is 33.7. The van der Waals surface area contributed by atoms with Gasteiger partial charge in [0, 0.05) is 24.1 Å². The molecule has 0 heterocycles. The van der Waals surface area contributed by atoms with Crippen molar-refractivity contribution in [3.63, 3.8) is 0 Å². The fraction of sp³-hybridized carbons (Fsp3) is 0.511. The average Bonchev–Trinajstić information content (AvgIpc) is 3.18. The lowest BCUT2D eigenvalue weighted by Gasteiger charge is -2.33. The van der Waals surface area contributed by atoms with Crippen LogP contribution in [0.3, 0.4) is 0 Å². The number of benzene rings is 3. The molecule has 2 amide bonds. The molecule has 8 heteroatoms. The van der Waals surface area contributed by atoms with E-state index in [4.69, 9.17) is 14.2 Å². The fourth-order valence-corrected chi connectivity index (χ4v) is 6.24. The molecule has 3 rings (SSSR count). The maximum absolute atomic E-state index is 13.4. The lowest BCUT2D eigenvalue weighted by atomic mass is 9.86. The summed E-state index contributed by atoms with van der Waals surface area (Å²) in [5, 5.41) is 5.78. The first-order chi connectivity index (χ1) is 26.8. The van der Waals surface area contributed by atoms with Gasteiger partial charge >= 0.3 is 5.97 Å². The SMILES string of the molecule is CCCCCCCC/C=C\CCCCCCCC(=O)Nc1ccc(OC(=O)CCNC(=O)C(OCc2ccccc2)C(C)(C)COCc2ccccc2)cc1. The van der Waals surface area contributed by atoms with Crippen LogP contribution in [0.5, 0.6) is 5.75 Å². The van der Waals surface area contributed by atoms with E-state index in [1.807, 2.05) is 74.5 Å². The second-order valence-electron chi connectivity index (χ2n) is 15.1. The number of carbonyl (C=O) groups is 3. The Morgan fingerprint density at radius 2 is 1.24 bits per heavy atom. The van der Waals surface area contributed by atoms with Gasteiger partial charge in [0.2, 0.25) is 11.8 Å². The zero-order chi connectivity index (χ0) is 39.4. The van der Waals surface area contributed by atoms with E-state index < -0.39 is 17.5 Å². The molecule has 300 valence electrons. The molecule has 0 aliphatic carbocycles. The molecule has 2 N–H and O–H groups in total. The number of rotatable bonds is 29. The van der Waals surface area contributed by atoms with Gasteiger partial charge in [-0.3, -0.25) is 14.4 Å². The van der Waals surface area contributed by atoms with Gasteiger partial charge in [0.1, 0.15) is 11.9 Å². The summed E-state index contributed by atoms with van der Waals surface area (Å²) in [7, 11) is 0. The highest BCUT2D eigenvalue weighted by Gasteiger charge is 2.36. The van der Waals surface area contributed by atoms with Gasteiger partial charge in [-0.1, -0.05) is 145 Å². The van der Waals surface area contributed by atoms with Crippen LogP contribution in [0.15, 0.2) is 97.1 Å². The Balaban J connectivity index is 1.31. The number of hydrogen-bond donors (Lipinski definition) is 2. The third kappa shape index (κ3) is 20.3. The van der Waals surface area contributed by atoms with E-state index >= 15 is 0 Å². The molecule has 0 saturated carbocycles. The first-order valence-electron chi connectivity index (χ1n) is 20.6. The van der Waals surface area contributed by atoms with E-state index in [1.54, 1.807) is 24.3 Å². The van der Waals surface area contributed by atoms with E-state index in [0.717, 1.165) is 36.8 Å². The van der Waals surface area contributed by atoms with Crippen molar-refractivity contribution in [1.29, 1.82) is 0 Å². The summed E-state index contributed by atoms with van der Waals surface area (Å²) in [5.41, 5.74) is 2.00. The molecular weight excluding hydrogens is 689 g/mol. The van der Waals surface area contributed by atoms with Crippen LogP contribution in [0.1, 0.15) is 128 Å². The first kappa shape index (κ1) is 45.1. The van der Waals surface area contributed by atoms with Crippen molar-refractivity contribution in [2.24, 2.45) is 5.41 Å². The largest absolute Gasteiger partial charge is 0.426 e. The molecule has 0 spiro atoms. The number of hydrogen-bond acceptors (Lipinski definition) is 6. The Bertz CT molecular complexity index is 1510. The van der Waals surface area contributed by atoms with Gasteiger partial charge < -0.3 is 24.8 Å². The van der Waals surface area contributed by atoms with Gasteiger partial charge in [0.15, 0.2) is 0 Å². The van der Waals surface area contributed by atoms with Gasteiger partial charge in [0.05, 0.1) is 26.2 Å². The molecule has 0 fully saturated rings. The lowest BCUT2D eigenvalue weighted by Crippen LogP contribution is -2.48. The summed E-state index contributed by atoms with van der Waals surface area (Å²) >= 11 is 0. The highest BCUT2D eigenvalue weighted by Crippen LogP contribution is 2.26. The number of nitrogens with one attached hydrogen (secondary N) is 2. The molecule has 55 heavy (non-hydrogen) atoms. The molecule has 1 atom stereocenters. The molecule has 3 aromatic rings. The monoisotopic (exact) mass is 754 g/mol. The summed E-state index contributed by atoms with van der Waals surface area (Å²) in [5.74, 6) is -0.449. The van der Waals surface area contributed by atoms with Crippen LogP contribution in [0, 0.1) is 5.41 Å². The zero-order valence-corrected chi connectivity index (χ0v) is 33.7. The molecule has 0 saturated heterocycles. The van der Waals surface area contributed by atoms with Crippen LogP contribution in [0.4, 0.5) is 5.69 Å². The van der Waals surface area contributed by atoms with Crippen molar-refractivity contribution in [1.82, 2.24) is 5.32 Å². The fourth-order valence-electron chi connectivity index (χ4n) is 6.24. The van der Waals surface area contributed by atoms with Crippen molar-refractivity contribution in [3.8, 4) is 5.75 Å². The van der Waals surface area contributed by atoms with Crippen molar-refractivity contribution >= 4 is 23.5 Å². The van der Waals surface area contributed by atoms with E-state index in [2.05, 4.69) is 29.7 Å². The molecular formula is C47H66N2O6. The van der Waals surface area contributed by atoms with Gasteiger partial charge in [-0.15, -0.1) is 0 Å². The number of anilines is 1. The Labute approximate surface area is 330 Å². The third-order valence-corrected chi connectivity index (χ3v) is 9.46. The second kappa shape index (κ2) is 27.3. The van der Waals surface area contributed by atoms with Crippen molar-refractivity contribution in [2.45, 2.75) is 136 Å². The normalized spacial score (nSPS) is 12.1. The number of carbonyl (C=O) groups excluding carboxylic acids is 3. The van der Waals surface area contributed by atoms with Gasteiger partial charge in [-0.05, 0) is 67.5 Å². The lowest BCUT2D eigenvalue weighted by molar-refractivity contribution is -0.147. The molecule has 0 radical (unpaired) electrons. The Kier molecular flexibility index (Phi) is 22.4. The summed E-state index contributed by atoms with van der Waals surface area (Å²) < 4.78 is 17.7. The topological polar surface area (TPSA) is 103 Å². The molecule has 0 aromatic heterocycles. The van der Waals surface area contributed by atoms with Crippen LogP contribution >= 0.6 is 0 Å². The van der Waals surface area contributed by atoms with E-state index in [9.17, 15) is 14.4 Å². The van der Waals surface area contributed by atoms with Crippen molar-refractivity contribution in [3.05, 3.63) is 108 Å². The standard InChI is InChI=1S/C47H66N2O6/c1-4-5-6-7-8-9-10-11-12-13-14-15-16-17-24-29-43(50)49-41-30-32-42(33-31-41)55-44(51)34-35-48-46(52)45(54-37-40-27-22-19-23-28-40)47(2,3)38-53-36-39-25-20-18-21-26-39/h11-12,18-23,25-28,30-33,45H,4-10,13-17,24,29,34-38H2,1-3H3,(H,48,52)(H,49,50)/b12-11-. The summed E-state index contributed by atoms with van der Waals surface area (Å²) in [6.45, 7) is 7.21. The molecule has 0 aliphatic heterocycles. The molecule has 1 unspecified atom stereocenters. The minimum atomic E-state index is -0.820. The van der Waals surface area contributed by atoms with Crippen LogP contribution in [-0.4, -0.2) is 37.0 Å². The van der Waals surface area contributed by atoms with E-state index in [1.165, 1.54) is 57.8 Å². The van der Waals surface area contributed by atoms with Crippen molar-refractivity contribution in [2.75, 3.05) is 18.5 Å². The second-order valence-corrected chi connectivity index (χ2v) is 15.1. The Morgan fingerprint density at radius 3 is 1.85 bits per heavy atom. The minimum absolute atomic E-state index is 0.0173. The van der Waals surface area contributed by atoms with Gasteiger partial charge in [-0.2, -0.15) is 0 Å². The third-order valence-electron chi connectivity index (χ3n) is 9.46.